The van der Waals surface area contributed by atoms with Crippen LogP contribution in [-0.4, -0.2) is 68.9 Å². The second-order valence-electron chi connectivity index (χ2n) is 3.96. The Kier molecular flexibility index (Phi) is 8.78. The van der Waals surface area contributed by atoms with Crippen molar-refractivity contribution < 1.29 is 73.8 Å². The van der Waals surface area contributed by atoms with Crippen molar-refractivity contribution in [1.82, 2.24) is 0 Å². The van der Waals surface area contributed by atoms with Gasteiger partial charge in [0.2, 0.25) is 0 Å². The molecule has 0 radical (unpaired) electrons. The summed E-state index contributed by atoms with van der Waals surface area (Å²) in [4.78, 5) is 10.2. The minimum Gasteiger partial charge on any atom is -0.781 e. The summed E-state index contributed by atoms with van der Waals surface area (Å²) in [6.07, 6.45) is -6.90. The van der Waals surface area contributed by atoms with Gasteiger partial charge in [-0.25, -0.2) is 0 Å². The SMILES string of the molecule is O=[PH]([O-])OCC[C@@]1(O)O[C@H](CO)[C@@H](O)[C@H](O)[C@H]1O.[Na+]. The quantitative estimate of drug-likeness (QED) is 0.245. The van der Waals surface area contributed by atoms with Crippen molar-refractivity contribution in [2.75, 3.05) is 13.2 Å². The van der Waals surface area contributed by atoms with Gasteiger partial charge in [0.1, 0.15) is 32.7 Å². The molecule has 0 aromatic carbocycles. The average Bonchev–Trinajstić information content (AvgIpc) is 2.31. The molecule has 1 unspecified atom stereocenters. The molecule has 0 spiro atoms. The van der Waals surface area contributed by atoms with Gasteiger partial charge in [0.25, 0.3) is 0 Å². The zero-order valence-electron chi connectivity index (χ0n) is 10.3. The fourth-order valence-corrected chi connectivity index (χ4v) is 1.98. The Hall–Kier alpha value is 0.910. The molecule has 0 amide bonds. The molecule has 1 saturated heterocycles. The third kappa shape index (κ3) is 4.99. The van der Waals surface area contributed by atoms with Gasteiger partial charge in [0.05, 0.1) is 13.2 Å². The van der Waals surface area contributed by atoms with Crippen LogP contribution in [-0.2, 0) is 13.8 Å². The van der Waals surface area contributed by atoms with Crippen molar-refractivity contribution in [1.29, 1.82) is 0 Å². The molecule has 6 atom stereocenters. The molecule has 9 nitrogen and oxygen atoms in total. The van der Waals surface area contributed by atoms with E-state index >= 15 is 0 Å². The van der Waals surface area contributed by atoms with E-state index in [9.17, 15) is 29.9 Å². The molecule has 0 aromatic rings. The Bertz CT molecular complexity index is 304. The molecule has 1 aliphatic rings. The number of rotatable bonds is 5. The molecule has 0 aromatic heterocycles. The van der Waals surface area contributed by atoms with Crippen LogP contribution < -0.4 is 34.5 Å². The summed E-state index contributed by atoms with van der Waals surface area (Å²) in [6, 6.07) is 0. The zero-order chi connectivity index (χ0) is 13.9. The molecule has 0 bridgehead atoms. The van der Waals surface area contributed by atoms with Crippen molar-refractivity contribution in [2.24, 2.45) is 0 Å². The number of hydrogen-bond donors (Lipinski definition) is 5. The second-order valence-corrected chi connectivity index (χ2v) is 4.75. The summed E-state index contributed by atoms with van der Waals surface area (Å²) < 4.78 is 19.3. The fraction of sp³-hybridized carbons (Fsp3) is 1.00. The third-order valence-electron chi connectivity index (χ3n) is 2.73. The molecule has 108 valence electrons. The van der Waals surface area contributed by atoms with Gasteiger partial charge >= 0.3 is 29.6 Å². The van der Waals surface area contributed by atoms with Gasteiger partial charge < -0.3 is 44.3 Å². The first-order valence-electron chi connectivity index (χ1n) is 5.21. The molecular weight excluding hydrogens is 294 g/mol. The predicted octanol–water partition coefficient (Wildman–Crippen LogP) is -6.69. The van der Waals surface area contributed by atoms with E-state index in [2.05, 4.69) is 4.52 Å². The molecule has 1 heterocycles. The molecule has 0 aliphatic carbocycles. The van der Waals surface area contributed by atoms with Gasteiger partial charge in [0.15, 0.2) is 5.79 Å². The number of ether oxygens (including phenoxy) is 1. The summed E-state index contributed by atoms with van der Waals surface area (Å²) in [5.74, 6) is -2.30. The third-order valence-corrected chi connectivity index (χ3v) is 3.17. The molecule has 1 aliphatic heterocycles. The number of aliphatic hydroxyl groups excluding tert-OH is 4. The molecule has 5 N–H and O–H groups in total. The maximum absolute atomic E-state index is 10.2. The van der Waals surface area contributed by atoms with Crippen LogP contribution in [0.15, 0.2) is 0 Å². The van der Waals surface area contributed by atoms with E-state index < -0.39 is 58.1 Å². The summed E-state index contributed by atoms with van der Waals surface area (Å²) in [5.41, 5.74) is 0. The van der Waals surface area contributed by atoms with E-state index in [1.54, 1.807) is 0 Å². The van der Waals surface area contributed by atoms with E-state index in [1.165, 1.54) is 0 Å². The standard InChI is InChI=1S/C8H17O9P.Na/c9-3-4-5(10)6(11)7(12)8(13,17-4)1-2-16-18(14)15;/h4-7,9-13,18H,1-3H2,(H,14,15);/q;+1/p-1/t4-,5-,6+,7-,8-;/m1./s1. The van der Waals surface area contributed by atoms with E-state index in [1.807, 2.05) is 0 Å². The van der Waals surface area contributed by atoms with Crippen LogP contribution in [0.5, 0.6) is 0 Å². The maximum atomic E-state index is 10.2. The fourth-order valence-electron chi connectivity index (χ4n) is 1.71. The molecule has 19 heavy (non-hydrogen) atoms. The first-order valence-corrected chi connectivity index (χ1v) is 6.43. The molecule has 0 saturated carbocycles. The van der Waals surface area contributed by atoms with Crippen molar-refractivity contribution in [3.05, 3.63) is 0 Å². The van der Waals surface area contributed by atoms with Crippen LogP contribution >= 0.6 is 8.25 Å². The smallest absolute Gasteiger partial charge is 0.781 e. The van der Waals surface area contributed by atoms with Crippen molar-refractivity contribution in [2.45, 2.75) is 36.6 Å². The predicted molar refractivity (Wildman–Crippen MR) is 54.5 cm³/mol. The Labute approximate surface area is 132 Å². The Morgan fingerprint density at radius 1 is 1.32 bits per heavy atom. The minimum absolute atomic E-state index is 0. The summed E-state index contributed by atoms with van der Waals surface area (Å²) >= 11 is 0. The van der Waals surface area contributed by atoms with Crippen LogP contribution in [0.3, 0.4) is 0 Å². The van der Waals surface area contributed by atoms with Crippen molar-refractivity contribution >= 4 is 8.25 Å². The van der Waals surface area contributed by atoms with Gasteiger partial charge in [-0.2, -0.15) is 0 Å². The van der Waals surface area contributed by atoms with Gasteiger partial charge in [0, 0.05) is 6.42 Å². The second kappa shape index (κ2) is 8.38. The first kappa shape index (κ1) is 19.9. The Morgan fingerprint density at radius 2 is 1.89 bits per heavy atom. The van der Waals surface area contributed by atoms with Crippen LogP contribution in [0.2, 0.25) is 0 Å². The van der Waals surface area contributed by atoms with E-state index in [4.69, 9.17) is 9.84 Å². The zero-order valence-corrected chi connectivity index (χ0v) is 13.3. The van der Waals surface area contributed by atoms with Gasteiger partial charge in [-0.05, 0) is 0 Å². The van der Waals surface area contributed by atoms with Crippen LogP contribution in [0, 0.1) is 0 Å². The Morgan fingerprint density at radius 3 is 2.37 bits per heavy atom. The largest absolute Gasteiger partial charge is 1.00 e. The number of hydrogen-bond acceptors (Lipinski definition) is 9. The van der Waals surface area contributed by atoms with Gasteiger partial charge in [-0.1, -0.05) is 0 Å². The van der Waals surface area contributed by atoms with Crippen molar-refractivity contribution in [3.63, 3.8) is 0 Å². The van der Waals surface area contributed by atoms with E-state index in [0.717, 1.165) is 0 Å². The van der Waals surface area contributed by atoms with Crippen LogP contribution in [0.25, 0.3) is 0 Å². The summed E-state index contributed by atoms with van der Waals surface area (Å²) in [5, 5.41) is 47.3. The first-order chi connectivity index (χ1) is 8.31. The molecule has 1 fully saturated rings. The minimum atomic E-state index is -3.43. The normalized spacial score (nSPS) is 40.5. The van der Waals surface area contributed by atoms with Crippen molar-refractivity contribution in [3.8, 4) is 0 Å². The number of aliphatic hydroxyl groups is 5. The van der Waals surface area contributed by atoms with E-state index in [0.29, 0.717) is 0 Å². The average molecular weight is 310 g/mol. The monoisotopic (exact) mass is 310 g/mol. The topological polar surface area (TPSA) is 160 Å². The summed E-state index contributed by atoms with van der Waals surface area (Å²) in [7, 11) is -3.43. The van der Waals surface area contributed by atoms with Gasteiger partial charge in [-0.3, -0.25) is 0 Å². The van der Waals surface area contributed by atoms with Crippen LogP contribution in [0.1, 0.15) is 6.42 Å². The Balaban J connectivity index is 0.00000324. The molecular formula is C8H16NaO9P. The van der Waals surface area contributed by atoms with Crippen LogP contribution in [0.4, 0.5) is 0 Å². The summed E-state index contributed by atoms with van der Waals surface area (Å²) in [6.45, 7) is -1.15. The molecule has 1 rings (SSSR count). The van der Waals surface area contributed by atoms with E-state index in [-0.39, 0.29) is 29.6 Å². The maximum Gasteiger partial charge on any atom is 1.00 e. The van der Waals surface area contributed by atoms with Gasteiger partial charge in [-0.15, -0.1) is 0 Å². The molecule has 11 heteroatoms.